The van der Waals surface area contributed by atoms with Crippen LogP contribution in [0.5, 0.6) is 0 Å². The number of nitrogens with zero attached hydrogens (tertiary/aromatic N) is 1. The van der Waals surface area contributed by atoms with E-state index in [0.29, 0.717) is 12.5 Å². The quantitative estimate of drug-likeness (QED) is 0.553. The van der Waals surface area contributed by atoms with E-state index >= 15 is 0 Å². The highest BCUT2D eigenvalue weighted by Crippen LogP contribution is 2.18. The minimum atomic E-state index is -3.29. The van der Waals surface area contributed by atoms with Gasteiger partial charge in [-0.15, -0.1) is 0 Å². The van der Waals surface area contributed by atoms with Gasteiger partial charge in [-0.05, 0) is 25.7 Å². The largest absolute Gasteiger partial charge is 0.366 e. The van der Waals surface area contributed by atoms with Gasteiger partial charge < -0.3 is 4.90 Å². The van der Waals surface area contributed by atoms with E-state index in [1.807, 2.05) is 6.92 Å². The predicted octanol–water partition coefficient (Wildman–Crippen LogP) is 1.02. The van der Waals surface area contributed by atoms with Gasteiger partial charge in [0.2, 0.25) is 0 Å². The first kappa shape index (κ1) is 12.9. The average Bonchev–Trinajstić information content (AvgIpc) is 2.14. The molecule has 0 aromatic heterocycles. The van der Waals surface area contributed by atoms with Crippen LogP contribution < -0.4 is 0 Å². The summed E-state index contributed by atoms with van der Waals surface area (Å²) >= 11 is 5.08. The number of hydrogen-bond donors (Lipinski definition) is 0. The topological polar surface area (TPSA) is 46.6 Å². The molecule has 0 radical (unpaired) electrons. The van der Waals surface area contributed by atoms with Crippen molar-refractivity contribution >= 4 is 27.3 Å². The Morgan fingerprint density at radius 2 is 2.00 bits per heavy atom. The second-order valence-corrected chi connectivity index (χ2v) is 6.17. The summed E-state index contributed by atoms with van der Waals surface area (Å²) in [4.78, 5) is 3.06. The van der Waals surface area contributed by atoms with Gasteiger partial charge in [-0.2, -0.15) is 8.42 Å². The van der Waals surface area contributed by atoms with Gasteiger partial charge in [0.25, 0.3) is 10.1 Å². The third-order valence-electron chi connectivity index (χ3n) is 2.58. The SMILES string of the molecule is CC(=S)N1CCC(COS(C)(=O)=O)CC1. The second-order valence-electron chi connectivity index (χ2n) is 3.94. The number of rotatable bonds is 3. The van der Waals surface area contributed by atoms with Crippen LogP contribution in [-0.2, 0) is 14.3 Å². The molecule has 1 aliphatic rings. The lowest BCUT2D eigenvalue weighted by Crippen LogP contribution is -2.37. The summed E-state index contributed by atoms with van der Waals surface area (Å²) in [7, 11) is -3.29. The van der Waals surface area contributed by atoms with Gasteiger partial charge in [0, 0.05) is 13.1 Å². The first-order chi connectivity index (χ1) is 6.88. The van der Waals surface area contributed by atoms with E-state index < -0.39 is 10.1 Å². The standard InChI is InChI=1S/C9H17NO3S2/c1-8(14)10-5-3-9(4-6-10)7-13-15(2,11)12/h9H,3-7H2,1-2H3. The van der Waals surface area contributed by atoms with Gasteiger partial charge in [0.05, 0.1) is 17.9 Å². The van der Waals surface area contributed by atoms with Crippen LogP contribution in [0.2, 0.25) is 0 Å². The molecule has 4 nitrogen and oxygen atoms in total. The van der Waals surface area contributed by atoms with E-state index in [4.69, 9.17) is 16.4 Å². The molecule has 0 bridgehead atoms. The minimum Gasteiger partial charge on any atom is -0.366 e. The summed E-state index contributed by atoms with van der Waals surface area (Å²) < 4.78 is 26.4. The molecule has 1 aliphatic heterocycles. The number of thiocarbonyl (C=S) groups is 1. The molecule has 0 aromatic carbocycles. The molecule has 0 aliphatic carbocycles. The lowest BCUT2D eigenvalue weighted by Gasteiger charge is -2.32. The van der Waals surface area contributed by atoms with Crippen LogP contribution in [0.1, 0.15) is 19.8 Å². The number of hydrogen-bond acceptors (Lipinski definition) is 4. The van der Waals surface area contributed by atoms with Crippen LogP contribution in [0, 0.1) is 5.92 Å². The second kappa shape index (κ2) is 5.23. The highest BCUT2D eigenvalue weighted by Gasteiger charge is 2.20. The Kier molecular flexibility index (Phi) is 4.48. The summed E-state index contributed by atoms with van der Waals surface area (Å²) in [5, 5.41) is 0. The van der Waals surface area contributed by atoms with E-state index in [9.17, 15) is 8.42 Å². The van der Waals surface area contributed by atoms with Gasteiger partial charge in [0.15, 0.2) is 0 Å². The summed E-state index contributed by atoms with van der Waals surface area (Å²) in [5.74, 6) is 0.338. The molecule has 0 amide bonds. The van der Waals surface area contributed by atoms with Gasteiger partial charge in [-0.25, -0.2) is 0 Å². The molecule has 1 fully saturated rings. The van der Waals surface area contributed by atoms with Crippen molar-refractivity contribution in [3.05, 3.63) is 0 Å². The summed E-state index contributed by atoms with van der Waals surface area (Å²) in [6, 6.07) is 0. The zero-order valence-corrected chi connectivity index (χ0v) is 10.7. The Bertz CT molecular complexity index is 318. The fourth-order valence-corrected chi connectivity index (χ4v) is 2.26. The Balaban J connectivity index is 2.29. The Morgan fingerprint density at radius 1 is 1.47 bits per heavy atom. The number of likely N-dealkylation sites (tertiary alicyclic amines) is 1. The molecule has 6 heteroatoms. The van der Waals surface area contributed by atoms with E-state index in [1.165, 1.54) is 0 Å². The molecule has 0 aromatic rings. The van der Waals surface area contributed by atoms with Crippen LogP contribution in [0.3, 0.4) is 0 Å². The van der Waals surface area contributed by atoms with Crippen molar-refractivity contribution in [1.82, 2.24) is 4.90 Å². The van der Waals surface area contributed by atoms with Crippen LogP contribution in [-0.4, -0.2) is 44.3 Å². The molecule has 1 rings (SSSR count). The zero-order valence-electron chi connectivity index (χ0n) is 9.10. The van der Waals surface area contributed by atoms with Crippen LogP contribution in [0.4, 0.5) is 0 Å². The maximum Gasteiger partial charge on any atom is 0.264 e. The fourth-order valence-electron chi connectivity index (χ4n) is 1.63. The molecule has 0 unspecified atom stereocenters. The van der Waals surface area contributed by atoms with Crippen molar-refractivity contribution in [2.45, 2.75) is 19.8 Å². The zero-order chi connectivity index (χ0) is 11.5. The maximum atomic E-state index is 10.8. The molecular weight excluding hydrogens is 234 g/mol. The summed E-state index contributed by atoms with van der Waals surface area (Å²) in [6.45, 7) is 4.05. The molecule has 1 saturated heterocycles. The van der Waals surface area contributed by atoms with E-state index in [-0.39, 0.29) is 0 Å². The lowest BCUT2D eigenvalue weighted by molar-refractivity contribution is 0.187. The van der Waals surface area contributed by atoms with Gasteiger partial charge in [-0.3, -0.25) is 4.18 Å². The van der Waals surface area contributed by atoms with Crippen molar-refractivity contribution in [3.8, 4) is 0 Å². The van der Waals surface area contributed by atoms with Crippen LogP contribution in [0.15, 0.2) is 0 Å². The highest BCUT2D eigenvalue weighted by molar-refractivity contribution is 7.86. The third-order valence-corrected chi connectivity index (χ3v) is 3.40. The van der Waals surface area contributed by atoms with Gasteiger partial charge in [-0.1, -0.05) is 12.2 Å². The highest BCUT2D eigenvalue weighted by atomic mass is 32.2. The average molecular weight is 251 g/mol. The molecule has 0 spiro atoms. The Labute approximate surface area is 96.7 Å². The van der Waals surface area contributed by atoms with Crippen molar-refractivity contribution < 1.29 is 12.6 Å². The first-order valence-corrected chi connectivity index (χ1v) is 7.21. The molecule has 0 saturated carbocycles. The van der Waals surface area contributed by atoms with E-state index in [1.54, 1.807) is 0 Å². The first-order valence-electron chi connectivity index (χ1n) is 4.98. The molecule has 0 atom stereocenters. The van der Waals surface area contributed by atoms with E-state index in [2.05, 4.69) is 4.90 Å². The molecule has 1 heterocycles. The molecular formula is C9H17NO3S2. The monoisotopic (exact) mass is 251 g/mol. The Hall–Kier alpha value is -0.200. The van der Waals surface area contributed by atoms with Crippen molar-refractivity contribution in [2.75, 3.05) is 26.0 Å². The molecule has 15 heavy (non-hydrogen) atoms. The fraction of sp³-hybridized carbons (Fsp3) is 0.889. The minimum absolute atomic E-state index is 0.309. The van der Waals surface area contributed by atoms with Gasteiger partial charge >= 0.3 is 0 Å². The lowest BCUT2D eigenvalue weighted by atomic mass is 9.98. The maximum absolute atomic E-state index is 10.8. The summed E-state index contributed by atoms with van der Waals surface area (Å²) in [5.41, 5.74) is 0. The normalized spacial score (nSPS) is 19.2. The van der Waals surface area contributed by atoms with Gasteiger partial charge in [0.1, 0.15) is 0 Å². The van der Waals surface area contributed by atoms with Crippen molar-refractivity contribution in [1.29, 1.82) is 0 Å². The Morgan fingerprint density at radius 3 is 2.40 bits per heavy atom. The number of piperidine rings is 1. The molecule has 0 N–H and O–H groups in total. The smallest absolute Gasteiger partial charge is 0.264 e. The molecule has 88 valence electrons. The third kappa shape index (κ3) is 4.90. The van der Waals surface area contributed by atoms with Crippen LogP contribution >= 0.6 is 12.2 Å². The van der Waals surface area contributed by atoms with Crippen molar-refractivity contribution in [2.24, 2.45) is 5.92 Å². The van der Waals surface area contributed by atoms with Crippen molar-refractivity contribution in [3.63, 3.8) is 0 Å². The van der Waals surface area contributed by atoms with Crippen LogP contribution in [0.25, 0.3) is 0 Å². The van der Waals surface area contributed by atoms with E-state index in [0.717, 1.165) is 37.2 Å². The summed E-state index contributed by atoms with van der Waals surface area (Å²) in [6.07, 6.45) is 2.98. The predicted molar refractivity (Wildman–Crippen MR) is 63.4 cm³/mol.